The van der Waals surface area contributed by atoms with Crippen LogP contribution in [0, 0.1) is 11.6 Å². The molecule has 0 aliphatic heterocycles. The smallest absolute Gasteiger partial charge is 0.253 e. The predicted octanol–water partition coefficient (Wildman–Crippen LogP) is 0.633. The zero-order valence-corrected chi connectivity index (χ0v) is 14.1. The highest BCUT2D eigenvalue weighted by molar-refractivity contribution is 7.89. The molecule has 26 heavy (non-hydrogen) atoms. The van der Waals surface area contributed by atoms with Gasteiger partial charge in [0, 0.05) is 0 Å². The lowest BCUT2D eigenvalue weighted by molar-refractivity contribution is -0.127. The van der Waals surface area contributed by atoms with E-state index in [4.69, 9.17) is 0 Å². The van der Waals surface area contributed by atoms with Crippen LogP contribution in [0.15, 0.2) is 53.4 Å². The lowest BCUT2D eigenvalue weighted by atomic mass is 10.1. The van der Waals surface area contributed by atoms with Crippen molar-refractivity contribution in [3.05, 3.63) is 65.7 Å². The average molecular weight is 383 g/mol. The number of rotatable bonds is 6. The quantitative estimate of drug-likeness (QED) is 0.637. The Labute approximate surface area is 148 Å². The van der Waals surface area contributed by atoms with E-state index in [0.717, 1.165) is 24.3 Å². The van der Waals surface area contributed by atoms with Gasteiger partial charge in [-0.15, -0.1) is 0 Å². The van der Waals surface area contributed by atoms with Gasteiger partial charge in [-0.3, -0.25) is 20.4 Å². The molecule has 138 valence electrons. The molecular weight excluding hydrogens is 368 g/mol. The zero-order chi connectivity index (χ0) is 19.2. The fourth-order valence-electron chi connectivity index (χ4n) is 1.87. The molecule has 7 nitrogen and oxygen atoms in total. The molecule has 10 heteroatoms. The third-order valence-electron chi connectivity index (χ3n) is 3.17. The molecule has 3 N–H and O–H groups in total. The molecule has 0 spiro atoms. The highest BCUT2D eigenvalue weighted by atomic mass is 32.2. The lowest BCUT2D eigenvalue weighted by Gasteiger charge is -2.09. The van der Waals surface area contributed by atoms with Crippen molar-refractivity contribution < 1.29 is 26.8 Å². The second-order valence-corrected chi connectivity index (χ2v) is 6.95. The minimum Gasteiger partial charge on any atom is -0.273 e. The Bertz CT molecular complexity index is 885. The molecule has 2 amide bonds. The summed E-state index contributed by atoms with van der Waals surface area (Å²) in [7, 11) is -3.99. The van der Waals surface area contributed by atoms with E-state index in [1.165, 1.54) is 24.3 Å². The summed E-state index contributed by atoms with van der Waals surface area (Å²) in [5.41, 5.74) is 4.70. The van der Waals surface area contributed by atoms with Gasteiger partial charge in [0.15, 0.2) is 0 Å². The first-order valence-corrected chi connectivity index (χ1v) is 8.82. The monoisotopic (exact) mass is 383 g/mol. The summed E-state index contributed by atoms with van der Waals surface area (Å²) in [6.45, 7) is -0.628. The molecule has 0 bridgehead atoms. The maximum atomic E-state index is 12.8. The number of amides is 2. The van der Waals surface area contributed by atoms with Crippen LogP contribution in [0.2, 0.25) is 0 Å². The molecule has 0 aliphatic rings. The summed E-state index contributed by atoms with van der Waals surface area (Å²) in [6, 6.07) is 9.31. The Hall–Kier alpha value is -2.85. The highest BCUT2D eigenvalue weighted by Gasteiger charge is 2.15. The topological polar surface area (TPSA) is 104 Å². The van der Waals surface area contributed by atoms with E-state index >= 15 is 0 Å². The number of hydrogen-bond donors (Lipinski definition) is 3. The predicted molar refractivity (Wildman–Crippen MR) is 88.0 cm³/mol. The number of carbonyl (C=O) groups excluding carboxylic acids is 2. The first kappa shape index (κ1) is 19.5. The van der Waals surface area contributed by atoms with Gasteiger partial charge in [0.2, 0.25) is 15.9 Å². The molecule has 0 saturated heterocycles. The SMILES string of the molecule is O=C(CNS(=O)(=O)c1ccc(F)cc1)NNC(=O)Cc1ccc(F)cc1. The van der Waals surface area contributed by atoms with Gasteiger partial charge in [-0.05, 0) is 42.0 Å². The van der Waals surface area contributed by atoms with Crippen LogP contribution in [0.4, 0.5) is 8.78 Å². The van der Waals surface area contributed by atoms with E-state index in [1.54, 1.807) is 0 Å². The molecule has 0 aliphatic carbocycles. The highest BCUT2D eigenvalue weighted by Crippen LogP contribution is 2.09. The molecule has 0 atom stereocenters. The number of hydrazine groups is 1. The number of benzene rings is 2. The number of carbonyl (C=O) groups is 2. The molecule has 0 heterocycles. The molecule has 0 radical (unpaired) electrons. The van der Waals surface area contributed by atoms with E-state index in [-0.39, 0.29) is 11.3 Å². The average Bonchev–Trinajstić information content (AvgIpc) is 2.61. The summed E-state index contributed by atoms with van der Waals surface area (Å²) in [5, 5.41) is 0. The molecule has 0 fully saturated rings. The first-order chi connectivity index (χ1) is 12.3. The third kappa shape index (κ3) is 5.90. The standard InChI is InChI=1S/C16H15F2N3O4S/c17-12-3-1-11(2-4-12)9-15(22)20-21-16(23)10-19-26(24,25)14-7-5-13(18)6-8-14/h1-8,19H,9-10H2,(H,20,22)(H,21,23). The summed E-state index contributed by atoms with van der Waals surface area (Å²) in [6.07, 6.45) is -0.0954. The molecule has 0 aromatic heterocycles. The molecule has 0 saturated carbocycles. The normalized spacial score (nSPS) is 11.0. The van der Waals surface area contributed by atoms with E-state index in [1.807, 2.05) is 10.1 Å². The molecule has 0 unspecified atom stereocenters. The van der Waals surface area contributed by atoms with Crippen LogP contribution in [0.3, 0.4) is 0 Å². The maximum absolute atomic E-state index is 12.8. The Morgan fingerprint density at radius 3 is 1.88 bits per heavy atom. The first-order valence-electron chi connectivity index (χ1n) is 7.33. The van der Waals surface area contributed by atoms with Crippen molar-refractivity contribution >= 4 is 21.8 Å². The Kier molecular flexibility index (Phi) is 6.36. The van der Waals surface area contributed by atoms with E-state index in [2.05, 4.69) is 5.43 Å². The van der Waals surface area contributed by atoms with Gasteiger partial charge in [-0.2, -0.15) is 0 Å². The Morgan fingerprint density at radius 2 is 1.31 bits per heavy atom. The van der Waals surface area contributed by atoms with Crippen LogP contribution in [0.25, 0.3) is 0 Å². The number of sulfonamides is 1. The van der Waals surface area contributed by atoms with Gasteiger partial charge in [-0.25, -0.2) is 21.9 Å². The Balaban J connectivity index is 1.78. The Morgan fingerprint density at radius 1 is 0.808 bits per heavy atom. The summed E-state index contributed by atoms with van der Waals surface area (Å²) >= 11 is 0. The minimum atomic E-state index is -3.99. The molecule has 2 aromatic rings. The zero-order valence-electron chi connectivity index (χ0n) is 13.3. The van der Waals surface area contributed by atoms with Crippen LogP contribution >= 0.6 is 0 Å². The van der Waals surface area contributed by atoms with Crippen LogP contribution in [-0.4, -0.2) is 26.8 Å². The molecule has 2 aromatic carbocycles. The van der Waals surface area contributed by atoms with Gasteiger partial charge >= 0.3 is 0 Å². The summed E-state index contributed by atoms with van der Waals surface area (Å²) in [5.74, 6) is -2.39. The van der Waals surface area contributed by atoms with E-state index in [9.17, 15) is 26.8 Å². The van der Waals surface area contributed by atoms with Gasteiger partial charge in [-0.1, -0.05) is 12.1 Å². The van der Waals surface area contributed by atoms with Crippen molar-refractivity contribution in [1.82, 2.24) is 15.6 Å². The second kappa shape index (κ2) is 8.50. The van der Waals surface area contributed by atoms with Gasteiger partial charge in [0.05, 0.1) is 17.9 Å². The molecule has 2 rings (SSSR count). The number of hydrogen-bond acceptors (Lipinski definition) is 4. The second-order valence-electron chi connectivity index (χ2n) is 5.18. The van der Waals surface area contributed by atoms with Crippen molar-refractivity contribution in [2.75, 3.05) is 6.54 Å². The van der Waals surface area contributed by atoms with Crippen LogP contribution < -0.4 is 15.6 Å². The maximum Gasteiger partial charge on any atom is 0.253 e. The summed E-state index contributed by atoms with van der Waals surface area (Å²) in [4.78, 5) is 23.1. The fraction of sp³-hybridized carbons (Fsp3) is 0.125. The lowest BCUT2D eigenvalue weighted by Crippen LogP contribution is -2.46. The van der Waals surface area contributed by atoms with Crippen molar-refractivity contribution in [2.45, 2.75) is 11.3 Å². The third-order valence-corrected chi connectivity index (χ3v) is 4.58. The fourth-order valence-corrected chi connectivity index (χ4v) is 2.86. The van der Waals surface area contributed by atoms with Gasteiger partial charge < -0.3 is 0 Å². The van der Waals surface area contributed by atoms with E-state index < -0.39 is 40.0 Å². The van der Waals surface area contributed by atoms with Gasteiger partial charge in [0.1, 0.15) is 11.6 Å². The van der Waals surface area contributed by atoms with Crippen molar-refractivity contribution in [3.63, 3.8) is 0 Å². The molecular formula is C16H15F2N3O4S. The minimum absolute atomic E-state index is 0.0954. The van der Waals surface area contributed by atoms with E-state index in [0.29, 0.717) is 5.56 Å². The van der Waals surface area contributed by atoms with Crippen molar-refractivity contribution in [3.8, 4) is 0 Å². The van der Waals surface area contributed by atoms with Gasteiger partial charge in [0.25, 0.3) is 5.91 Å². The van der Waals surface area contributed by atoms with Crippen LogP contribution in [0.1, 0.15) is 5.56 Å². The number of halogens is 2. The van der Waals surface area contributed by atoms with Crippen molar-refractivity contribution in [1.29, 1.82) is 0 Å². The van der Waals surface area contributed by atoms with Crippen LogP contribution in [0.5, 0.6) is 0 Å². The summed E-state index contributed by atoms with van der Waals surface area (Å²) < 4.78 is 51.4. The van der Waals surface area contributed by atoms with Crippen molar-refractivity contribution in [2.24, 2.45) is 0 Å². The van der Waals surface area contributed by atoms with Crippen LogP contribution in [-0.2, 0) is 26.0 Å². The largest absolute Gasteiger partial charge is 0.273 e. The number of nitrogens with one attached hydrogen (secondary N) is 3.